The highest BCUT2D eigenvalue weighted by molar-refractivity contribution is 6.33. The van der Waals surface area contributed by atoms with Gasteiger partial charge in [0.2, 0.25) is 0 Å². The fourth-order valence-corrected chi connectivity index (χ4v) is 1.25. The fourth-order valence-electron chi connectivity index (χ4n) is 1.13. The summed E-state index contributed by atoms with van der Waals surface area (Å²) in [6, 6.07) is 5.25. The third-order valence-corrected chi connectivity index (χ3v) is 2.19. The first-order valence-corrected chi connectivity index (χ1v) is 4.36. The van der Waals surface area contributed by atoms with Gasteiger partial charge in [-0.3, -0.25) is 0 Å². The minimum Gasteiger partial charge on any atom is -0.397 e. The van der Waals surface area contributed by atoms with E-state index < -0.39 is 0 Å². The molecule has 0 atom stereocenters. The molecule has 0 aliphatic rings. The van der Waals surface area contributed by atoms with Crippen LogP contribution in [-0.2, 0) is 0 Å². The topological polar surface area (TPSA) is 69.6 Å². The van der Waals surface area contributed by atoms with E-state index in [4.69, 9.17) is 17.3 Å². The number of anilines is 1. The number of rotatable bonds is 1. The maximum atomic E-state index is 5.80. The first kappa shape index (κ1) is 8.96. The number of benzene rings is 1. The molecule has 6 heteroatoms. The van der Waals surface area contributed by atoms with Crippen LogP contribution < -0.4 is 5.73 Å². The summed E-state index contributed by atoms with van der Waals surface area (Å²) in [5.41, 5.74) is 6.98. The third kappa shape index (κ3) is 1.42. The van der Waals surface area contributed by atoms with Crippen LogP contribution in [0.2, 0.25) is 5.02 Å². The fraction of sp³-hybridized carbons (Fsp3) is 0.125. The largest absolute Gasteiger partial charge is 0.397 e. The average molecular weight is 210 g/mol. The van der Waals surface area contributed by atoms with Crippen LogP contribution in [0.15, 0.2) is 18.2 Å². The lowest BCUT2D eigenvalue weighted by Crippen LogP contribution is -2.00. The molecule has 5 nitrogen and oxygen atoms in total. The van der Waals surface area contributed by atoms with Crippen LogP contribution in [0.25, 0.3) is 5.69 Å². The number of hydrogen-bond acceptors (Lipinski definition) is 4. The van der Waals surface area contributed by atoms with Gasteiger partial charge in [0.15, 0.2) is 5.82 Å². The number of hydrogen-bond donors (Lipinski definition) is 1. The molecule has 1 aromatic carbocycles. The third-order valence-electron chi connectivity index (χ3n) is 1.85. The molecule has 0 amide bonds. The lowest BCUT2D eigenvalue weighted by Gasteiger charge is -2.03. The number of halogens is 1. The number of nitrogens with two attached hydrogens (primary N) is 1. The average Bonchev–Trinajstić information content (AvgIpc) is 2.57. The van der Waals surface area contributed by atoms with Gasteiger partial charge in [0, 0.05) is 0 Å². The molecule has 1 aromatic heterocycles. The van der Waals surface area contributed by atoms with Crippen molar-refractivity contribution < 1.29 is 0 Å². The number of aryl methyl sites for hydroxylation is 1. The number of tetrazole rings is 1. The maximum Gasteiger partial charge on any atom is 0.153 e. The van der Waals surface area contributed by atoms with Gasteiger partial charge in [-0.15, -0.1) is 5.10 Å². The highest BCUT2D eigenvalue weighted by atomic mass is 35.5. The Balaban J connectivity index is 2.53. The Morgan fingerprint density at radius 2 is 2.21 bits per heavy atom. The number of nitrogens with zero attached hydrogens (tertiary/aromatic N) is 4. The quantitative estimate of drug-likeness (QED) is 0.717. The van der Waals surface area contributed by atoms with Crippen LogP contribution in [0, 0.1) is 6.92 Å². The summed E-state index contributed by atoms with van der Waals surface area (Å²) in [5, 5.41) is 11.7. The molecular formula is C8H8ClN5. The van der Waals surface area contributed by atoms with Crippen molar-refractivity contribution in [3.8, 4) is 5.69 Å². The van der Waals surface area contributed by atoms with E-state index in [2.05, 4.69) is 15.5 Å². The van der Waals surface area contributed by atoms with E-state index >= 15 is 0 Å². The van der Waals surface area contributed by atoms with Crippen LogP contribution in [0.4, 0.5) is 5.69 Å². The van der Waals surface area contributed by atoms with Crippen molar-refractivity contribution in [1.29, 1.82) is 0 Å². The second kappa shape index (κ2) is 3.26. The van der Waals surface area contributed by atoms with Gasteiger partial charge in [0.05, 0.1) is 16.4 Å². The summed E-state index contributed by atoms with van der Waals surface area (Å²) in [6.45, 7) is 1.81. The minimum atomic E-state index is 0.513. The van der Waals surface area contributed by atoms with Gasteiger partial charge in [0.1, 0.15) is 0 Å². The minimum absolute atomic E-state index is 0.513. The SMILES string of the molecule is Cc1nnnn1-c1ccc(Cl)c(N)c1. The highest BCUT2D eigenvalue weighted by Gasteiger charge is 2.04. The molecule has 0 fully saturated rings. The van der Waals surface area contributed by atoms with Gasteiger partial charge in [-0.05, 0) is 35.5 Å². The predicted octanol–water partition coefficient (Wildman–Crippen LogP) is 1.21. The van der Waals surface area contributed by atoms with Crippen molar-refractivity contribution in [3.63, 3.8) is 0 Å². The molecule has 0 aliphatic carbocycles. The number of aromatic nitrogens is 4. The second-order valence-electron chi connectivity index (χ2n) is 2.84. The molecule has 0 radical (unpaired) electrons. The summed E-state index contributed by atoms with van der Waals surface area (Å²) in [6.07, 6.45) is 0. The molecule has 1 heterocycles. The monoisotopic (exact) mass is 209 g/mol. The molecule has 0 unspecified atom stereocenters. The van der Waals surface area contributed by atoms with Crippen LogP contribution >= 0.6 is 11.6 Å². The van der Waals surface area contributed by atoms with E-state index in [9.17, 15) is 0 Å². The molecule has 72 valence electrons. The molecular weight excluding hydrogens is 202 g/mol. The Morgan fingerprint density at radius 1 is 1.43 bits per heavy atom. The van der Waals surface area contributed by atoms with Gasteiger partial charge in [0.25, 0.3) is 0 Å². The normalized spacial score (nSPS) is 10.4. The van der Waals surface area contributed by atoms with Gasteiger partial charge in [-0.25, -0.2) is 0 Å². The van der Waals surface area contributed by atoms with Crippen molar-refractivity contribution in [2.75, 3.05) is 5.73 Å². The van der Waals surface area contributed by atoms with Gasteiger partial charge >= 0.3 is 0 Å². The summed E-state index contributed by atoms with van der Waals surface area (Å²) in [4.78, 5) is 0. The lowest BCUT2D eigenvalue weighted by atomic mass is 10.3. The molecule has 2 N–H and O–H groups in total. The van der Waals surface area contributed by atoms with Crippen molar-refractivity contribution >= 4 is 17.3 Å². The smallest absolute Gasteiger partial charge is 0.153 e. The maximum absolute atomic E-state index is 5.80. The van der Waals surface area contributed by atoms with Crippen LogP contribution in [0.3, 0.4) is 0 Å². The van der Waals surface area contributed by atoms with E-state index in [0.717, 1.165) is 5.69 Å². The Bertz CT molecular complexity index is 465. The summed E-state index contributed by atoms with van der Waals surface area (Å²) in [5.74, 6) is 0.701. The van der Waals surface area contributed by atoms with E-state index in [0.29, 0.717) is 16.5 Å². The van der Waals surface area contributed by atoms with Crippen molar-refractivity contribution in [3.05, 3.63) is 29.0 Å². The Kier molecular flexibility index (Phi) is 2.09. The Labute approximate surface area is 85.5 Å². The highest BCUT2D eigenvalue weighted by Crippen LogP contribution is 2.21. The zero-order chi connectivity index (χ0) is 10.1. The summed E-state index contributed by atoms with van der Waals surface area (Å²) >= 11 is 5.80. The summed E-state index contributed by atoms with van der Waals surface area (Å²) in [7, 11) is 0. The van der Waals surface area contributed by atoms with Crippen molar-refractivity contribution in [2.45, 2.75) is 6.92 Å². The molecule has 0 spiro atoms. The molecule has 2 aromatic rings. The van der Waals surface area contributed by atoms with Gasteiger partial charge in [-0.1, -0.05) is 11.6 Å². The molecule has 0 bridgehead atoms. The molecule has 14 heavy (non-hydrogen) atoms. The summed E-state index contributed by atoms with van der Waals surface area (Å²) < 4.78 is 1.59. The standard InChI is InChI=1S/C8H8ClN5/c1-5-11-12-13-14(5)6-2-3-7(9)8(10)4-6/h2-4H,10H2,1H3. The van der Waals surface area contributed by atoms with E-state index in [1.165, 1.54) is 0 Å². The number of nitrogen functional groups attached to an aromatic ring is 1. The molecule has 0 aliphatic heterocycles. The molecule has 0 saturated carbocycles. The Hall–Kier alpha value is -1.62. The first-order chi connectivity index (χ1) is 6.68. The van der Waals surface area contributed by atoms with Crippen LogP contribution in [0.5, 0.6) is 0 Å². The van der Waals surface area contributed by atoms with Crippen LogP contribution in [-0.4, -0.2) is 20.2 Å². The van der Waals surface area contributed by atoms with E-state index in [-0.39, 0.29) is 0 Å². The molecule has 0 saturated heterocycles. The van der Waals surface area contributed by atoms with Gasteiger partial charge in [-0.2, -0.15) is 4.68 Å². The van der Waals surface area contributed by atoms with Crippen molar-refractivity contribution in [1.82, 2.24) is 20.2 Å². The van der Waals surface area contributed by atoms with E-state index in [1.807, 2.05) is 13.0 Å². The predicted molar refractivity (Wildman–Crippen MR) is 53.3 cm³/mol. The zero-order valence-electron chi connectivity index (χ0n) is 7.48. The first-order valence-electron chi connectivity index (χ1n) is 3.99. The lowest BCUT2D eigenvalue weighted by molar-refractivity contribution is 0.780. The Morgan fingerprint density at radius 3 is 2.79 bits per heavy atom. The van der Waals surface area contributed by atoms with Crippen LogP contribution in [0.1, 0.15) is 5.82 Å². The molecule has 2 rings (SSSR count). The second-order valence-corrected chi connectivity index (χ2v) is 3.25. The van der Waals surface area contributed by atoms with E-state index in [1.54, 1.807) is 16.8 Å². The van der Waals surface area contributed by atoms with Crippen molar-refractivity contribution in [2.24, 2.45) is 0 Å². The zero-order valence-corrected chi connectivity index (χ0v) is 8.23. The van der Waals surface area contributed by atoms with Gasteiger partial charge < -0.3 is 5.73 Å².